The maximum atomic E-state index is 13.6. The summed E-state index contributed by atoms with van der Waals surface area (Å²) in [7, 11) is 1.57. The van der Waals surface area contributed by atoms with Crippen molar-refractivity contribution >= 4 is 29.2 Å². The van der Waals surface area contributed by atoms with Crippen LogP contribution in [0.2, 0.25) is 0 Å². The van der Waals surface area contributed by atoms with Gasteiger partial charge in [-0.3, -0.25) is 9.59 Å². The number of benzene rings is 2. The molecule has 2 aliphatic rings. The van der Waals surface area contributed by atoms with E-state index in [0.29, 0.717) is 38.5 Å². The Balaban J connectivity index is 1.47. The van der Waals surface area contributed by atoms with E-state index in [1.807, 2.05) is 54.6 Å². The number of urea groups is 1. The topological polar surface area (TPSA) is 85.0 Å². The van der Waals surface area contributed by atoms with Gasteiger partial charge in [0.05, 0.1) is 6.67 Å². The van der Waals surface area contributed by atoms with Crippen LogP contribution in [0, 0.1) is 0 Å². The Bertz CT molecular complexity index is 1030. The van der Waals surface area contributed by atoms with E-state index < -0.39 is 5.54 Å². The quantitative estimate of drug-likeness (QED) is 0.713. The van der Waals surface area contributed by atoms with Crippen molar-refractivity contribution in [1.29, 1.82) is 0 Å². The normalized spacial score (nSPS) is 17.4. The molecule has 8 nitrogen and oxygen atoms in total. The zero-order valence-corrected chi connectivity index (χ0v) is 20.1. The lowest BCUT2D eigenvalue weighted by molar-refractivity contribution is -0.137. The van der Waals surface area contributed by atoms with Gasteiger partial charge >= 0.3 is 6.03 Å². The maximum Gasteiger partial charge on any atom is 0.321 e. The van der Waals surface area contributed by atoms with Crippen LogP contribution in [0.5, 0.6) is 0 Å². The number of para-hydroxylation sites is 1. The summed E-state index contributed by atoms with van der Waals surface area (Å²) in [5.74, 6) is 0.186. The van der Waals surface area contributed by atoms with Crippen LogP contribution in [-0.4, -0.2) is 66.5 Å². The Hall–Kier alpha value is -3.55. The Morgan fingerprint density at radius 2 is 1.65 bits per heavy atom. The number of anilines is 2. The molecule has 0 unspecified atom stereocenters. The van der Waals surface area contributed by atoms with Gasteiger partial charge in [-0.05, 0) is 48.6 Å². The summed E-state index contributed by atoms with van der Waals surface area (Å²) >= 11 is 0. The van der Waals surface area contributed by atoms with Crippen LogP contribution >= 0.6 is 0 Å². The third kappa shape index (κ3) is 4.58. The van der Waals surface area contributed by atoms with E-state index in [2.05, 4.69) is 29.4 Å². The fourth-order valence-corrected chi connectivity index (χ4v) is 4.81. The third-order valence-electron chi connectivity index (χ3n) is 6.90. The smallest absolute Gasteiger partial charge is 0.321 e. The van der Waals surface area contributed by atoms with Crippen molar-refractivity contribution in [3.8, 4) is 0 Å². The second-order valence-electron chi connectivity index (χ2n) is 9.31. The minimum atomic E-state index is -0.759. The number of nitrogens with one attached hydrogen (secondary N) is 2. The molecule has 4 amide bonds. The highest BCUT2D eigenvalue weighted by atomic mass is 16.2. The van der Waals surface area contributed by atoms with Gasteiger partial charge in [0.25, 0.3) is 5.91 Å². The van der Waals surface area contributed by atoms with Crippen LogP contribution in [-0.2, 0) is 9.59 Å². The van der Waals surface area contributed by atoms with Gasteiger partial charge in [-0.15, -0.1) is 0 Å². The number of rotatable bonds is 5. The molecule has 2 aliphatic heterocycles. The molecular weight excluding hydrogens is 430 g/mol. The molecule has 0 atom stereocenters. The summed E-state index contributed by atoms with van der Waals surface area (Å²) in [5, 5.41) is 5.58. The molecule has 4 rings (SSSR count). The van der Waals surface area contributed by atoms with E-state index in [0.717, 1.165) is 11.4 Å². The number of likely N-dealkylation sites (tertiary alicyclic amines) is 1. The molecule has 2 fully saturated rings. The number of amides is 4. The molecule has 8 heteroatoms. The zero-order valence-electron chi connectivity index (χ0n) is 20.1. The summed E-state index contributed by atoms with van der Waals surface area (Å²) in [6, 6.07) is 17.5. The fraction of sp³-hybridized carbons (Fsp3) is 0.423. The molecule has 2 aromatic rings. The molecule has 34 heavy (non-hydrogen) atoms. The second kappa shape index (κ2) is 9.75. The minimum Gasteiger partial charge on any atom is -0.358 e. The van der Waals surface area contributed by atoms with Crippen LogP contribution in [0.1, 0.15) is 38.2 Å². The number of hydrogen-bond acceptors (Lipinski definition) is 4. The van der Waals surface area contributed by atoms with E-state index in [-0.39, 0.29) is 24.4 Å². The lowest BCUT2D eigenvalue weighted by Gasteiger charge is -2.43. The van der Waals surface area contributed by atoms with Crippen molar-refractivity contribution in [1.82, 2.24) is 15.1 Å². The van der Waals surface area contributed by atoms with E-state index >= 15 is 0 Å². The summed E-state index contributed by atoms with van der Waals surface area (Å²) < 4.78 is 0. The Kier molecular flexibility index (Phi) is 6.77. The van der Waals surface area contributed by atoms with Gasteiger partial charge in [-0.25, -0.2) is 4.79 Å². The largest absolute Gasteiger partial charge is 0.358 e. The van der Waals surface area contributed by atoms with Gasteiger partial charge in [-0.2, -0.15) is 0 Å². The van der Waals surface area contributed by atoms with Crippen LogP contribution in [0.25, 0.3) is 0 Å². The lowest BCUT2D eigenvalue weighted by atomic mass is 9.85. The number of likely N-dealkylation sites (N-methyl/N-ethyl adjacent to an activating group) is 1. The van der Waals surface area contributed by atoms with Crippen LogP contribution < -0.4 is 15.5 Å². The highest BCUT2D eigenvalue weighted by Crippen LogP contribution is 2.39. The van der Waals surface area contributed by atoms with E-state index in [9.17, 15) is 14.4 Å². The average Bonchev–Trinajstić information content (AvgIpc) is 3.11. The molecule has 2 aromatic carbocycles. The molecule has 2 N–H and O–H groups in total. The fourth-order valence-electron chi connectivity index (χ4n) is 4.81. The summed E-state index contributed by atoms with van der Waals surface area (Å²) in [5.41, 5.74) is 2.16. The molecule has 1 spiro atoms. The molecule has 180 valence electrons. The maximum absolute atomic E-state index is 13.6. The van der Waals surface area contributed by atoms with E-state index in [1.54, 1.807) is 16.8 Å². The number of nitrogens with zero attached hydrogens (tertiary/aromatic N) is 3. The molecule has 2 heterocycles. The molecule has 0 radical (unpaired) electrons. The Labute approximate surface area is 200 Å². The molecule has 0 bridgehead atoms. The van der Waals surface area contributed by atoms with Gasteiger partial charge in [0.15, 0.2) is 0 Å². The number of hydrogen-bond donors (Lipinski definition) is 2. The second-order valence-corrected chi connectivity index (χ2v) is 9.31. The minimum absolute atomic E-state index is 0.0248. The average molecular weight is 464 g/mol. The van der Waals surface area contributed by atoms with Gasteiger partial charge in [0.1, 0.15) is 12.1 Å². The summed E-state index contributed by atoms with van der Waals surface area (Å²) in [6.07, 6.45) is 1.01. The van der Waals surface area contributed by atoms with Crippen molar-refractivity contribution in [3.05, 3.63) is 60.2 Å². The predicted octanol–water partition coefficient (Wildman–Crippen LogP) is 3.23. The van der Waals surface area contributed by atoms with Crippen molar-refractivity contribution in [3.63, 3.8) is 0 Å². The standard InChI is InChI=1S/C26H33N5O3/c1-19(2)20-9-11-21(12-10-20)28-25(34)29-15-13-26(14-16-29)24(33)30(17-23(32)27-3)18-31(26)22-7-5-4-6-8-22/h4-12,19H,13-18H2,1-3H3,(H,27,32)(H,28,34). The van der Waals surface area contributed by atoms with Crippen molar-refractivity contribution in [2.75, 3.05) is 43.6 Å². The predicted molar refractivity (Wildman–Crippen MR) is 133 cm³/mol. The van der Waals surface area contributed by atoms with Crippen LogP contribution in [0.3, 0.4) is 0 Å². The molecule has 2 saturated heterocycles. The van der Waals surface area contributed by atoms with Gasteiger partial charge in [-0.1, -0.05) is 44.2 Å². The van der Waals surface area contributed by atoms with E-state index in [4.69, 9.17) is 0 Å². The van der Waals surface area contributed by atoms with Crippen molar-refractivity contribution in [2.24, 2.45) is 0 Å². The lowest BCUT2D eigenvalue weighted by Crippen LogP contribution is -2.58. The SMILES string of the molecule is CNC(=O)CN1CN(c2ccccc2)C2(CCN(C(=O)Nc3ccc(C(C)C)cc3)CC2)C1=O. The van der Waals surface area contributed by atoms with Crippen molar-refractivity contribution < 1.29 is 14.4 Å². The monoisotopic (exact) mass is 463 g/mol. The van der Waals surface area contributed by atoms with Crippen molar-refractivity contribution in [2.45, 2.75) is 38.1 Å². The number of carbonyl (C=O) groups excluding carboxylic acids is 3. The first-order valence-electron chi connectivity index (χ1n) is 11.8. The van der Waals surface area contributed by atoms with Crippen LogP contribution in [0.15, 0.2) is 54.6 Å². The first kappa shape index (κ1) is 23.6. The number of carbonyl (C=O) groups is 3. The van der Waals surface area contributed by atoms with Gasteiger partial charge < -0.3 is 25.3 Å². The first-order chi connectivity index (χ1) is 16.3. The van der Waals surface area contributed by atoms with Gasteiger partial charge in [0, 0.05) is 31.5 Å². The first-order valence-corrected chi connectivity index (χ1v) is 11.8. The third-order valence-corrected chi connectivity index (χ3v) is 6.90. The zero-order chi connectivity index (χ0) is 24.3. The highest BCUT2D eigenvalue weighted by molar-refractivity contribution is 5.96. The number of piperidine rings is 1. The summed E-state index contributed by atoms with van der Waals surface area (Å²) in [6.45, 7) is 5.56. The molecule has 0 aromatic heterocycles. The van der Waals surface area contributed by atoms with Crippen LogP contribution in [0.4, 0.5) is 16.2 Å². The van der Waals surface area contributed by atoms with E-state index in [1.165, 1.54) is 5.56 Å². The highest BCUT2D eigenvalue weighted by Gasteiger charge is 2.54. The molecule has 0 saturated carbocycles. The Morgan fingerprint density at radius 1 is 1.00 bits per heavy atom. The summed E-state index contributed by atoms with van der Waals surface area (Å²) in [4.78, 5) is 44.0. The Morgan fingerprint density at radius 3 is 2.24 bits per heavy atom. The molecule has 0 aliphatic carbocycles. The molecular formula is C26H33N5O3. The van der Waals surface area contributed by atoms with Gasteiger partial charge in [0.2, 0.25) is 5.91 Å².